The van der Waals surface area contributed by atoms with Gasteiger partial charge >= 0.3 is 0 Å². The molecular weight excluding hydrogens is 261 g/mol. The lowest BCUT2D eigenvalue weighted by molar-refractivity contribution is 0.156. The van der Waals surface area contributed by atoms with Gasteiger partial charge in [0, 0.05) is 29.0 Å². The summed E-state index contributed by atoms with van der Waals surface area (Å²) in [5.74, 6) is 0.403. The second kappa shape index (κ2) is 4.94. The van der Waals surface area contributed by atoms with Crippen LogP contribution < -0.4 is 10.1 Å². The van der Waals surface area contributed by atoms with Gasteiger partial charge in [-0.05, 0) is 37.0 Å². The third-order valence-corrected chi connectivity index (χ3v) is 4.72. The maximum absolute atomic E-state index is 13.4. The molecule has 0 saturated carbocycles. The first-order valence-electron chi connectivity index (χ1n) is 6.36. The van der Waals surface area contributed by atoms with Crippen molar-refractivity contribution in [2.24, 2.45) is 0 Å². The van der Waals surface area contributed by atoms with Gasteiger partial charge < -0.3 is 10.1 Å². The Morgan fingerprint density at radius 2 is 2.21 bits per heavy atom. The Balaban J connectivity index is 1.99. The minimum atomic E-state index is -0.253. The van der Waals surface area contributed by atoms with Crippen molar-refractivity contribution >= 4 is 11.3 Å². The maximum Gasteiger partial charge on any atom is 0.135 e. The van der Waals surface area contributed by atoms with Crippen LogP contribution in [0, 0.1) is 12.7 Å². The summed E-state index contributed by atoms with van der Waals surface area (Å²) in [4.78, 5) is 1.23. The summed E-state index contributed by atoms with van der Waals surface area (Å²) in [6.45, 7) is 2.09. The summed E-state index contributed by atoms with van der Waals surface area (Å²) in [7, 11) is 1.93. The smallest absolute Gasteiger partial charge is 0.135 e. The maximum atomic E-state index is 13.4. The van der Waals surface area contributed by atoms with E-state index >= 15 is 0 Å². The van der Waals surface area contributed by atoms with Gasteiger partial charge in [-0.3, -0.25) is 0 Å². The minimum absolute atomic E-state index is 0.00625. The zero-order chi connectivity index (χ0) is 13.4. The van der Waals surface area contributed by atoms with E-state index < -0.39 is 0 Å². The van der Waals surface area contributed by atoms with Gasteiger partial charge in [-0.25, -0.2) is 4.39 Å². The molecule has 0 amide bonds. The summed E-state index contributed by atoms with van der Waals surface area (Å²) in [5.41, 5.74) is 2.28. The summed E-state index contributed by atoms with van der Waals surface area (Å²) in [6, 6.07) is 7.08. The average molecular weight is 277 g/mol. The third kappa shape index (κ3) is 2.26. The van der Waals surface area contributed by atoms with Crippen molar-refractivity contribution in [2.45, 2.75) is 25.5 Å². The van der Waals surface area contributed by atoms with E-state index in [1.807, 2.05) is 13.1 Å². The first-order chi connectivity index (χ1) is 9.19. The van der Waals surface area contributed by atoms with Crippen LogP contribution in [0.3, 0.4) is 0 Å². The van der Waals surface area contributed by atoms with E-state index in [9.17, 15) is 4.39 Å². The lowest BCUT2D eigenvalue weighted by atomic mass is 9.95. The molecular formula is C15H16FNOS. The second-order valence-corrected chi connectivity index (χ2v) is 5.78. The van der Waals surface area contributed by atoms with E-state index in [1.54, 1.807) is 11.3 Å². The first kappa shape index (κ1) is 12.6. The van der Waals surface area contributed by atoms with E-state index in [2.05, 4.69) is 23.7 Å². The molecule has 2 unspecified atom stereocenters. The van der Waals surface area contributed by atoms with Crippen molar-refractivity contribution in [3.8, 4) is 5.75 Å². The molecule has 0 bridgehead atoms. The summed E-state index contributed by atoms with van der Waals surface area (Å²) >= 11 is 1.70. The van der Waals surface area contributed by atoms with Gasteiger partial charge in [-0.1, -0.05) is 6.07 Å². The van der Waals surface area contributed by atoms with Crippen molar-refractivity contribution in [3.05, 3.63) is 51.5 Å². The molecule has 2 aromatic rings. The monoisotopic (exact) mass is 277 g/mol. The van der Waals surface area contributed by atoms with Crippen molar-refractivity contribution in [3.63, 3.8) is 0 Å². The lowest BCUT2D eigenvalue weighted by Crippen LogP contribution is -2.26. The predicted octanol–water partition coefficient (Wildman–Crippen LogP) is 3.98. The number of hydrogen-bond acceptors (Lipinski definition) is 3. The molecule has 100 valence electrons. The normalized spacial score (nSPS) is 21.8. The highest BCUT2D eigenvalue weighted by Gasteiger charge is 2.30. The Morgan fingerprint density at radius 1 is 1.37 bits per heavy atom. The number of thiophene rings is 1. The van der Waals surface area contributed by atoms with Crippen molar-refractivity contribution in [2.75, 3.05) is 7.05 Å². The SMILES string of the molecule is CNC1CC(c2sccc2C)Oc2cc(F)ccc21. The average Bonchev–Trinajstić information content (AvgIpc) is 2.83. The van der Waals surface area contributed by atoms with Crippen LogP contribution in [0.2, 0.25) is 0 Å². The number of benzene rings is 1. The van der Waals surface area contributed by atoms with Crippen LogP contribution in [0.15, 0.2) is 29.6 Å². The van der Waals surface area contributed by atoms with Crippen LogP contribution in [0.1, 0.15) is 34.6 Å². The van der Waals surface area contributed by atoms with Gasteiger partial charge in [0.1, 0.15) is 17.7 Å². The third-order valence-electron chi connectivity index (χ3n) is 3.61. The Kier molecular flexibility index (Phi) is 3.29. The number of halogens is 1. The molecule has 19 heavy (non-hydrogen) atoms. The predicted molar refractivity (Wildman–Crippen MR) is 75.2 cm³/mol. The zero-order valence-corrected chi connectivity index (χ0v) is 11.8. The standard InChI is InChI=1S/C15H16FNOS/c1-9-5-6-19-15(9)14-8-12(17-2)11-4-3-10(16)7-13(11)18-14/h3-7,12,14,17H,8H2,1-2H3. The molecule has 2 atom stereocenters. The highest BCUT2D eigenvalue weighted by atomic mass is 32.1. The molecule has 1 aliphatic heterocycles. The van der Waals surface area contributed by atoms with E-state index in [0.29, 0.717) is 5.75 Å². The summed E-state index contributed by atoms with van der Waals surface area (Å²) in [5, 5.41) is 5.37. The Bertz CT molecular complexity index is 596. The fourth-order valence-corrected chi connectivity index (χ4v) is 3.56. The highest BCUT2D eigenvalue weighted by molar-refractivity contribution is 7.10. The molecule has 2 nitrogen and oxygen atoms in total. The Labute approximate surface area is 116 Å². The van der Waals surface area contributed by atoms with Crippen LogP contribution >= 0.6 is 11.3 Å². The van der Waals surface area contributed by atoms with E-state index in [0.717, 1.165) is 12.0 Å². The van der Waals surface area contributed by atoms with Gasteiger partial charge in [0.25, 0.3) is 0 Å². The quantitative estimate of drug-likeness (QED) is 0.896. The van der Waals surface area contributed by atoms with Gasteiger partial charge in [-0.15, -0.1) is 11.3 Å². The molecule has 0 saturated heterocycles. The first-order valence-corrected chi connectivity index (χ1v) is 7.24. The van der Waals surface area contributed by atoms with Crippen LogP contribution in [-0.4, -0.2) is 7.05 Å². The number of fused-ring (bicyclic) bond motifs is 1. The molecule has 1 aromatic carbocycles. The molecule has 1 aliphatic rings. The molecule has 0 spiro atoms. The van der Waals surface area contributed by atoms with Crippen molar-refractivity contribution in [1.29, 1.82) is 0 Å². The van der Waals surface area contributed by atoms with E-state index in [4.69, 9.17) is 4.74 Å². The molecule has 0 fully saturated rings. The number of ether oxygens (including phenoxy) is 1. The number of aryl methyl sites for hydroxylation is 1. The summed E-state index contributed by atoms with van der Waals surface area (Å²) in [6.07, 6.45) is 0.878. The van der Waals surface area contributed by atoms with Gasteiger partial charge in [0.15, 0.2) is 0 Å². The van der Waals surface area contributed by atoms with Crippen molar-refractivity contribution in [1.82, 2.24) is 5.32 Å². The number of hydrogen-bond donors (Lipinski definition) is 1. The van der Waals surface area contributed by atoms with Crippen LogP contribution in [0.5, 0.6) is 5.75 Å². The molecule has 4 heteroatoms. The van der Waals surface area contributed by atoms with Gasteiger partial charge in [0.2, 0.25) is 0 Å². The molecule has 1 aromatic heterocycles. The van der Waals surface area contributed by atoms with E-state index in [1.165, 1.54) is 22.6 Å². The largest absolute Gasteiger partial charge is 0.484 e. The fraction of sp³-hybridized carbons (Fsp3) is 0.333. The zero-order valence-electron chi connectivity index (χ0n) is 10.9. The topological polar surface area (TPSA) is 21.3 Å². The van der Waals surface area contributed by atoms with E-state index in [-0.39, 0.29) is 18.0 Å². The van der Waals surface area contributed by atoms with Gasteiger partial charge in [0.05, 0.1) is 0 Å². The number of rotatable bonds is 2. The summed E-state index contributed by atoms with van der Waals surface area (Å²) < 4.78 is 19.4. The molecule has 0 radical (unpaired) electrons. The lowest BCUT2D eigenvalue weighted by Gasteiger charge is -2.32. The molecule has 1 N–H and O–H groups in total. The molecule has 0 aliphatic carbocycles. The van der Waals surface area contributed by atoms with Crippen LogP contribution in [0.25, 0.3) is 0 Å². The second-order valence-electron chi connectivity index (χ2n) is 4.83. The molecule has 3 rings (SSSR count). The van der Waals surface area contributed by atoms with Gasteiger partial charge in [-0.2, -0.15) is 0 Å². The Hall–Kier alpha value is -1.39. The highest BCUT2D eigenvalue weighted by Crippen LogP contribution is 2.42. The Morgan fingerprint density at radius 3 is 2.89 bits per heavy atom. The molecule has 2 heterocycles. The number of nitrogens with one attached hydrogen (secondary N) is 1. The van der Waals surface area contributed by atoms with Crippen molar-refractivity contribution < 1.29 is 9.13 Å². The minimum Gasteiger partial charge on any atom is -0.484 e. The van der Waals surface area contributed by atoms with Crippen LogP contribution in [-0.2, 0) is 0 Å². The fourth-order valence-electron chi connectivity index (χ4n) is 2.59. The van der Waals surface area contributed by atoms with Crippen LogP contribution in [0.4, 0.5) is 4.39 Å².